The van der Waals surface area contributed by atoms with Crippen LogP contribution in [0.2, 0.25) is 0 Å². The summed E-state index contributed by atoms with van der Waals surface area (Å²) < 4.78 is 82.5. The predicted octanol–water partition coefficient (Wildman–Crippen LogP) is 3.77. The van der Waals surface area contributed by atoms with Gasteiger partial charge in [-0.3, -0.25) is 23.9 Å². The van der Waals surface area contributed by atoms with Gasteiger partial charge in [-0.05, 0) is 42.7 Å². The number of benzene rings is 1. The summed E-state index contributed by atoms with van der Waals surface area (Å²) in [7, 11) is 0. The molecule has 0 saturated carbocycles. The number of rotatable bonds is 12. The van der Waals surface area contributed by atoms with Crippen LogP contribution < -0.4 is 15.4 Å². The van der Waals surface area contributed by atoms with Crippen LogP contribution in [-0.2, 0) is 37.0 Å². The van der Waals surface area contributed by atoms with Crippen molar-refractivity contribution in [3.8, 4) is 5.75 Å². The van der Waals surface area contributed by atoms with Crippen LogP contribution in [0.4, 0.5) is 32.2 Å². The van der Waals surface area contributed by atoms with Gasteiger partial charge in [0.05, 0.1) is 36.6 Å². The molecular weight excluding hydrogens is 588 g/mol. The van der Waals surface area contributed by atoms with E-state index in [-0.39, 0.29) is 30.2 Å². The summed E-state index contributed by atoms with van der Waals surface area (Å²) in [5.74, 6) is -1.39. The Kier molecular flexibility index (Phi) is 9.56. The highest BCUT2D eigenvalue weighted by Crippen LogP contribution is 2.29. The number of aromatic nitrogens is 7. The fourth-order valence-electron chi connectivity index (χ4n) is 3.76. The van der Waals surface area contributed by atoms with E-state index in [0.717, 1.165) is 30.5 Å². The van der Waals surface area contributed by atoms with E-state index in [1.165, 1.54) is 33.9 Å². The molecule has 2 amide bonds. The third-order valence-corrected chi connectivity index (χ3v) is 5.67. The smallest absolute Gasteiger partial charge is 0.406 e. The average molecular weight is 612 g/mol. The van der Waals surface area contributed by atoms with Crippen molar-refractivity contribution < 1.29 is 40.7 Å². The van der Waals surface area contributed by atoms with Crippen molar-refractivity contribution in [1.82, 2.24) is 40.3 Å². The first-order chi connectivity index (χ1) is 20.3. The Morgan fingerprint density at radius 1 is 0.907 bits per heavy atom. The molecule has 4 aromatic rings. The van der Waals surface area contributed by atoms with E-state index in [1.54, 1.807) is 0 Å². The number of hydrogen-bond acceptors (Lipinski definition) is 8. The number of pyridine rings is 1. The Hall–Kier alpha value is -5.03. The molecule has 228 valence electrons. The first kappa shape index (κ1) is 30.9. The molecule has 0 aliphatic heterocycles. The quantitative estimate of drug-likeness (QED) is 0.182. The molecule has 0 aliphatic rings. The van der Waals surface area contributed by atoms with Crippen LogP contribution in [0.25, 0.3) is 0 Å². The lowest BCUT2D eigenvalue weighted by atomic mass is 10.1. The Morgan fingerprint density at radius 2 is 1.63 bits per heavy atom. The number of hydrogen-bond donors (Lipinski definition) is 2. The molecule has 43 heavy (non-hydrogen) atoms. The number of anilines is 1. The van der Waals surface area contributed by atoms with Crippen molar-refractivity contribution in [2.45, 2.75) is 51.4 Å². The number of carbonyl (C=O) groups is 2. The highest BCUT2D eigenvalue weighted by Gasteiger charge is 2.31. The van der Waals surface area contributed by atoms with E-state index < -0.39 is 35.7 Å². The minimum atomic E-state index is -4.84. The molecule has 4 rings (SSSR count). The molecule has 0 saturated heterocycles. The SMILES string of the molecule is O=C(Cc1cccc(OC(F)(F)F)c1)Nc1cn(CCCCn2cc(C(=O)NCc3cc(C(F)(F)F)ccn3)nn2)nn1. The van der Waals surface area contributed by atoms with E-state index in [1.807, 2.05) is 0 Å². The summed E-state index contributed by atoms with van der Waals surface area (Å²) in [6.07, 6.45) is -4.42. The molecular formula is C25H23F6N9O3. The van der Waals surface area contributed by atoms with Crippen molar-refractivity contribution in [2.24, 2.45) is 0 Å². The number of ether oxygens (including phenoxy) is 1. The van der Waals surface area contributed by atoms with Crippen LogP contribution in [0.15, 0.2) is 55.0 Å². The number of unbranched alkanes of at least 4 members (excludes halogenated alkanes) is 1. The Labute approximate surface area is 239 Å². The van der Waals surface area contributed by atoms with Gasteiger partial charge in [-0.25, -0.2) is 0 Å². The van der Waals surface area contributed by atoms with E-state index in [9.17, 15) is 35.9 Å². The summed E-state index contributed by atoms with van der Waals surface area (Å²) in [5, 5.41) is 20.4. The van der Waals surface area contributed by atoms with Gasteiger partial charge in [-0.15, -0.1) is 23.4 Å². The van der Waals surface area contributed by atoms with Gasteiger partial charge in [0.15, 0.2) is 11.5 Å². The molecule has 1 aromatic carbocycles. The van der Waals surface area contributed by atoms with E-state index in [4.69, 9.17) is 0 Å². The fourth-order valence-corrected chi connectivity index (χ4v) is 3.76. The van der Waals surface area contributed by atoms with Crippen molar-refractivity contribution >= 4 is 17.6 Å². The predicted molar refractivity (Wildman–Crippen MR) is 135 cm³/mol. The lowest BCUT2D eigenvalue weighted by Crippen LogP contribution is -2.24. The zero-order valence-corrected chi connectivity index (χ0v) is 22.1. The molecule has 0 unspecified atom stereocenters. The summed E-state index contributed by atoms with van der Waals surface area (Å²) >= 11 is 0. The van der Waals surface area contributed by atoms with Gasteiger partial charge in [-0.2, -0.15) is 13.2 Å². The highest BCUT2D eigenvalue weighted by atomic mass is 19.4. The first-order valence-corrected chi connectivity index (χ1v) is 12.6. The molecule has 18 heteroatoms. The second-order valence-electron chi connectivity index (χ2n) is 9.08. The third kappa shape index (κ3) is 9.79. The molecule has 3 heterocycles. The second kappa shape index (κ2) is 13.3. The van der Waals surface area contributed by atoms with Crippen molar-refractivity contribution in [3.05, 3.63) is 77.5 Å². The molecule has 0 fully saturated rings. The van der Waals surface area contributed by atoms with Gasteiger partial charge >= 0.3 is 12.5 Å². The van der Waals surface area contributed by atoms with Gasteiger partial charge in [0, 0.05) is 19.3 Å². The number of halogens is 6. The topological polar surface area (TPSA) is 142 Å². The first-order valence-electron chi connectivity index (χ1n) is 12.6. The molecule has 0 radical (unpaired) electrons. The van der Waals surface area contributed by atoms with Crippen LogP contribution in [-0.4, -0.2) is 53.1 Å². The Balaban J connectivity index is 1.17. The van der Waals surface area contributed by atoms with Gasteiger partial charge in [-0.1, -0.05) is 22.6 Å². The molecule has 0 spiro atoms. The molecule has 3 aromatic heterocycles. The van der Waals surface area contributed by atoms with Crippen LogP contribution in [0.3, 0.4) is 0 Å². The number of aryl methyl sites for hydroxylation is 2. The minimum Gasteiger partial charge on any atom is -0.406 e. The standard InChI is InChI=1S/C25H23F6N9O3/c26-24(27,28)17-6-7-32-18(12-17)13-33-23(42)20-14-39(37-35-20)8-1-2-9-40-15-21(36-38-40)34-22(41)11-16-4-3-5-19(10-16)43-25(29,30)31/h3-7,10,12,14-15H,1-2,8-9,11,13H2,(H,33,42)(H,34,41). The normalized spacial score (nSPS) is 11.8. The van der Waals surface area contributed by atoms with Crippen LogP contribution in [0, 0.1) is 0 Å². The summed E-state index contributed by atoms with van der Waals surface area (Å²) in [6, 6.07) is 6.77. The number of alkyl halides is 6. The molecule has 2 N–H and O–H groups in total. The van der Waals surface area contributed by atoms with E-state index in [2.05, 4.69) is 41.0 Å². The maximum absolute atomic E-state index is 12.8. The summed E-state index contributed by atoms with van der Waals surface area (Å²) in [5.41, 5.74) is -0.528. The monoisotopic (exact) mass is 611 g/mol. The number of nitrogens with one attached hydrogen (secondary N) is 2. The van der Waals surface area contributed by atoms with Crippen LogP contribution in [0.1, 0.15) is 40.2 Å². The average Bonchev–Trinajstić information content (AvgIpc) is 3.58. The van der Waals surface area contributed by atoms with Crippen LogP contribution >= 0.6 is 0 Å². The number of carbonyl (C=O) groups excluding carboxylic acids is 2. The van der Waals surface area contributed by atoms with Gasteiger partial charge < -0.3 is 15.4 Å². The Bertz CT molecular complexity index is 1550. The van der Waals surface area contributed by atoms with Gasteiger partial charge in [0.1, 0.15) is 5.75 Å². The summed E-state index contributed by atoms with van der Waals surface area (Å²) in [6.45, 7) is 0.622. The molecule has 0 bridgehead atoms. The lowest BCUT2D eigenvalue weighted by molar-refractivity contribution is -0.274. The summed E-state index contributed by atoms with van der Waals surface area (Å²) in [4.78, 5) is 28.4. The Morgan fingerprint density at radius 3 is 2.35 bits per heavy atom. The molecule has 12 nitrogen and oxygen atoms in total. The zero-order chi connectivity index (χ0) is 31.0. The van der Waals surface area contributed by atoms with E-state index >= 15 is 0 Å². The number of amides is 2. The fraction of sp³-hybridized carbons (Fsp3) is 0.320. The minimum absolute atomic E-state index is 0.0109. The zero-order valence-electron chi connectivity index (χ0n) is 22.1. The maximum atomic E-state index is 12.8. The maximum Gasteiger partial charge on any atom is 0.573 e. The van der Waals surface area contributed by atoms with Crippen molar-refractivity contribution in [1.29, 1.82) is 0 Å². The highest BCUT2D eigenvalue weighted by molar-refractivity contribution is 5.92. The molecule has 0 atom stereocenters. The van der Waals surface area contributed by atoms with Gasteiger partial charge in [0.2, 0.25) is 5.91 Å². The van der Waals surface area contributed by atoms with Crippen molar-refractivity contribution in [2.75, 3.05) is 5.32 Å². The largest absolute Gasteiger partial charge is 0.573 e. The third-order valence-electron chi connectivity index (χ3n) is 5.67. The van der Waals surface area contributed by atoms with Gasteiger partial charge in [0.25, 0.3) is 5.91 Å². The molecule has 0 aliphatic carbocycles. The second-order valence-corrected chi connectivity index (χ2v) is 9.08. The van der Waals surface area contributed by atoms with E-state index in [0.29, 0.717) is 31.5 Å². The number of nitrogens with zero attached hydrogens (tertiary/aromatic N) is 7. The lowest BCUT2D eigenvalue weighted by Gasteiger charge is -2.09. The van der Waals surface area contributed by atoms with Crippen molar-refractivity contribution in [3.63, 3.8) is 0 Å². The van der Waals surface area contributed by atoms with Crippen LogP contribution in [0.5, 0.6) is 5.75 Å².